The fourth-order valence-corrected chi connectivity index (χ4v) is 3.52. The van der Waals surface area contributed by atoms with Crippen molar-refractivity contribution in [3.63, 3.8) is 0 Å². The molecule has 0 bridgehead atoms. The zero-order chi connectivity index (χ0) is 13.5. The van der Waals surface area contributed by atoms with Crippen LogP contribution in [0.2, 0.25) is 0 Å². The Bertz CT molecular complexity index is 505. The highest BCUT2D eigenvalue weighted by Gasteiger charge is 2.60. The molecular formula is C16H19NO2. The van der Waals surface area contributed by atoms with Crippen molar-refractivity contribution in [2.45, 2.75) is 31.3 Å². The second-order valence-corrected chi connectivity index (χ2v) is 5.95. The highest BCUT2D eigenvalue weighted by molar-refractivity contribution is 5.40. The SMILES string of the molecule is COCC(O)(C1CC1)C1(C#N)Cc2ccccc2C1. The summed E-state index contributed by atoms with van der Waals surface area (Å²) in [5, 5.41) is 20.9. The molecule has 0 aromatic heterocycles. The quantitative estimate of drug-likeness (QED) is 0.898. The van der Waals surface area contributed by atoms with E-state index in [4.69, 9.17) is 4.74 Å². The average molecular weight is 257 g/mol. The van der Waals surface area contributed by atoms with Crippen molar-refractivity contribution in [3.05, 3.63) is 35.4 Å². The summed E-state index contributed by atoms with van der Waals surface area (Å²) in [5.41, 5.74) is 0.641. The van der Waals surface area contributed by atoms with Gasteiger partial charge in [0.2, 0.25) is 0 Å². The monoisotopic (exact) mass is 257 g/mol. The predicted octanol–water partition coefficient (Wildman–Crippen LogP) is 2.08. The fourth-order valence-electron chi connectivity index (χ4n) is 3.52. The molecule has 3 nitrogen and oxygen atoms in total. The molecule has 0 heterocycles. The maximum atomic E-state index is 11.1. The summed E-state index contributed by atoms with van der Waals surface area (Å²) in [6.45, 7) is 0.249. The van der Waals surface area contributed by atoms with E-state index in [0.717, 1.165) is 12.8 Å². The summed E-state index contributed by atoms with van der Waals surface area (Å²) in [6, 6.07) is 10.6. The fraction of sp³-hybridized carbons (Fsp3) is 0.562. The molecule has 2 aliphatic carbocycles. The largest absolute Gasteiger partial charge is 0.385 e. The van der Waals surface area contributed by atoms with E-state index in [2.05, 4.69) is 18.2 Å². The predicted molar refractivity (Wildman–Crippen MR) is 71.4 cm³/mol. The molecule has 1 N–H and O–H groups in total. The maximum absolute atomic E-state index is 11.1. The third kappa shape index (κ3) is 1.79. The smallest absolute Gasteiger partial charge is 0.110 e. The molecule has 1 aromatic carbocycles. The number of fused-ring (bicyclic) bond motifs is 1. The molecule has 3 rings (SSSR count). The van der Waals surface area contributed by atoms with Crippen molar-refractivity contribution >= 4 is 0 Å². The van der Waals surface area contributed by atoms with Gasteiger partial charge in [-0.15, -0.1) is 0 Å². The molecule has 2 aliphatic rings. The summed E-state index contributed by atoms with van der Waals surface area (Å²) in [7, 11) is 1.60. The zero-order valence-electron chi connectivity index (χ0n) is 11.2. The molecular weight excluding hydrogens is 238 g/mol. The number of aliphatic hydroxyl groups is 1. The first-order valence-electron chi connectivity index (χ1n) is 6.84. The summed E-state index contributed by atoms with van der Waals surface area (Å²) >= 11 is 0. The maximum Gasteiger partial charge on any atom is 0.110 e. The van der Waals surface area contributed by atoms with Crippen LogP contribution in [-0.2, 0) is 17.6 Å². The zero-order valence-corrected chi connectivity index (χ0v) is 11.2. The van der Waals surface area contributed by atoms with E-state index in [-0.39, 0.29) is 12.5 Å². The van der Waals surface area contributed by atoms with E-state index >= 15 is 0 Å². The number of methoxy groups -OCH3 is 1. The minimum absolute atomic E-state index is 0.210. The van der Waals surface area contributed by atoms with Gasteiger partial charge in [0.05, 0.1) is 18.1 Å². The number of benzene rings is 1. The van der Waals surface area contributed by atoms with Crippen LogP contribution >= 0.6 is 0 Å². The van der Waals surface area contributed by atoms with Gasteiger partial charge in [0.15, 0.2) is 0 Å². The van der Waals surface area contributed by atoms with Crippen LogP contribution in [0.5, 0.6) is 0 Å². The summed E-state index contributed by atoms with van der Waals surface area (Å²) in [4.78, 5) is 0. The number of hydrogen-bond donors (Lipinski definition) is 1. The minimum atomic E-state index is -1.02. The molecule has 1 aromatic rings. The van der Waals surface area contributed by atoms with Crippen molar-refractivity contribution < 1.29 is 9.84 Å². The third-order valence-electron chi connectivity index (χ3n) is 4.76. The van der Waals surface area contributed by atoms with Gasteiger partial charge in [-0.3, -0.25) is 0 Å². The Kier molecular flexibility index (Phi) is 2.88. The first-order valence-corrected chi connectivity index (χ1v) is 6.84. The Morgan fingerprint density at radius 1 is 1.37 bits per heavy atom. The number of nitrogens with zero attached hydrogens (tertiary/aromatic N) is 1. The van der Waals surface area contributed by atoms with Gasteiger partial charge in [0.1, 0.15) is 5.60 Å². The van der Waals surface area contributed by atoms with Crippen LogP contribution in [0.1, 0.15) is 24.0 Å². The molecule has 3 heteroatoms. The van der Waals surface area contributed by atoms with Gasteiger partial charge in [0.25, 0.3) is 0 Å². The molecule has 0 amide bonds. The Balaban J connectivity index is 2.00. The topological polar surface area (TPSA) is 53.2 Å². The van der Waals surface area contributed by atoms with E-state index in [1.807, 2.05) is 12.1 Å². The lowest BCUT2D eigenvalue weighted by Gasteiger charge is -2.40. The van der Waals surface area contributed by atoms with E-state index < -0.39 is 11.0 Å². The highest BCUT2D eigenvalue weighted by Crippen LogP contribution is 2.54. The molecule has 1 saturated carbocycles. The number of rotatable bonds is 4. The third-order valence-corrected chi connectivity index (χ3v) is 4.76. The van der Waals surface area contributed by atoms with Crippen molar-refractivity contribution in [3.8, 4) is 6.07 Å². The Morgan fingerprint density at radius 3 is 2.37 bits per heavy atom. The second-order valence-electron chi connectivity index (χ2n) is 5.95. The van der Waals surface area contributed by atoms with Crippen LogP contribution in [0, 0.1) is 22.7 Å². The first kappa shape index (κ1) is 12.7. The Hall–Kier alpha value is -1.37. The van der Waals surface area contributed by atoms with Crippen LogP contribution < -0.4 is 0 Å². The molecule has 1 atom stereocenters. The van der Waals surface area contributed by atoms with Crippen LogP contribution in [0.15, 0.2) is 24.3 Å². The number of nitriles is 1. The average Bonchev–Trinajstić information content (AvgIpc) is 3.19. The minimum Gasteiger partial charge on any atom is -0.385 e. The van der Waals surface area contributed by atoms with E-state index in [0.29, 0.717) is 12.8 Å². The van der Waals surface area contributed by atoms with Crippen molar-refractivity contribution in [2.24, 2.45) is 11.3 Å². The van der Waals surface area contributed by atoms with Crippen LogP contribution in [0.4, 0.5) is 0 Å². The molecule has 0 saturated heterocycles. The summed E-state index contributed by atoms with van der Waals surface area (Å²) in [6.07, 6.45) is 3.27. The van der Waals surface area contributed by atoms with Crippen LogP contribution in [0.3, 0.4) is 0 Å². The molecule has 0 aliphatic heterocycles. The molecule has 100 valence electrons. The van der Waals surface area contributed by atoms with Crippen molar-refractivity contribution in [2.75, 3.05) is 13.7 Å². The van der Waals surface area contributed by atoms with Gasteiger partial charge in [-0.2, -0.15) is 5.26 Å². The number of ether oxygens (including phenoxy) is 1. The van der Waals surface area contributed by atoms with Crippen molar-refractivity contribution in [1.82, 2.24) is 0 Å². The van der Waals surface area contributed by atoms with Gasteiger partial charge in [-0.1, -0.05) is 24.3 Å². The van der Waals surface area contributed by atoms with Gasteiger partial charge in [-0.05, 0) is 42.7 Å². The van der Waals surface area contributed by atoms with Crippen molar-refractivity contribution in [1.29, 1.82) is 5.26 Å². The van der Waals surface area contributed by atoms with E-state index in [1.165, 1.54) is 11.1 Å². The van der Waals surface area contributed by atoms with Gasteiger partial charge in [0, 0.05) is 7.11 Å². The number of hydrogen-bond acceptors (Lipinski definition) is 3. The molecule has 1 fully saturated rings. The molecule has 19 heavy (non-hydrogen) atoms. The van der Waals surface area contributed by atoms with Gasteiger partial charge in [-0.25, -0.2) is 0 Å². The van der Waals surface area contributed by atoms with E-state index in [1.54, 1.807) is 7.11 Å². The van der Waals surface area contributed by atoms with Crippen LogP contribution in [0.25, 0.3) is 0 Å². The Morgan fingerprint density at radius 2 is 1.95 bits per heavy atom. The van der Waals surface area contributed by atoms with Gasteiger partial charge < -0.3 is 9.84 Å². The molecule has 0 radical (unpaired) electrons. The standard InChI is InChI=1S/C16H19NO2/c1-19-11-16(18,14-6-7-14)15(10-17)8-12-4-2-3-5-13(12)9-15/h2-5,14,18H,6-9,11H2,1H3. The Labute approximate surface area is 113 Å². The first-order chi connectivity index (χ1) is 9.15. The summed E-state index contributed by atoms with van der Waals surface area (Å²) < 4.78 is 5.25. The van der Waals surface area contributed by atoms with E-state index in [9.17, 15) is 10.4 Å². The normalized spacial score (nSPS) is 23.4. The lowest BCUT2D eigenvalue weighted by molar-refractivity contribution is -0.115. The lowest BCUT2D eigenvalue weighted by Crippen LogP contribution is -2.53. The highest BCUT2D eigenvalue weighted by atomic mass is 16.5. The summed E-state index contributed by atoms with van der Waals surface area (Å²) in [5.74, 6) is 0.210. The lowest BCUT2D eigenvalue weighted by atomic mass is 9.68. The van der Waals surface area contributed by atoms with Crippen LogP contribution in [-0.4, -0.2) is 24.4 Å². The molecule has 1 unspecified atom stereocenters. The van der Waals surface area contributed by atoms with Gasteiger partial charge >= 0.3 is 0 Å². The molecule has 0 spiro atoms. The second kappa shape index (κ2) is 4.33.